The van der Waals surface area contributed by atoms with Crippen LogP contribution in [0.5, 0.6) is 0 Å². The standard InChI is InChI=1S/C12H13N5O/c18-11(17-12-15-3-4-16-12)10-7-14-6-8-5-13-2-1-9(8)10/h3-4,6-7,13H,1-2,5H2,(H2,15,16,17,18). The van der Waals surface area contributed by atoms with Crippen molar-refractivity contribution in [3.05, 3.63) is 41.5 Å². The Hall–Kier alpha value is -2.21. The van der Waals surface area contributed by atoms with Gasteiger partial charge in [-0.15, -0.1) is 0 Å². The minimum absolute atomic E-state index is 0.170. The lowest BCUT2D eigenvalue weighted by atomic mass is 9.98. The predicted octanol–water partition coefficient (Wildman–Crippen LogP) is 0.703. The second kappa shape index (κ2) is 4.58. The van der Waals surface area contributed by atoms with Crippen LogP contribution in [-0.2, 0) is 13.0 Å². The van der Waals surface area contributed by atoms with Crippen LogP contribution in [0.1, 0.15) is 21.5 Å². The fourth-order valence-electron chi connectivity index (χ4n) is 2.12. The van der Waals surface area contributed by atoms with Gasteiger partial charge in [-0.25, -0.2) is 4.98 Å². The molecule has 0 aliphatic carbocycles. The van der Waals surface area contributed by atoms with Gasteiger partial charge in [-0.05, 0) is 24.1 Å². The van der Waals surface area contributed by atoms with Crippen molar-refractivity contribution >= 4 is 11.9 Å². The van der Waals surface area contributed by atoms with E-state index in [0.717, 1.165) is 30.6 Å². The highest BCUT2D eigenvalue weighted by Gasteiger charge is 2.18. The van der Waals surface area contributed by atoms with Gasteiger partial charge >= 0.3 is 0 Å². The lowest BCUT2D eigenvalue weighted by Crippen LogP contribution is -2.27. The summed E-state index contributed by atoms with van der Waals surface area (Å²) in [6.07, 6.45) is 7.53. The SMILES string of the molecule is O=C(Nc1ncc[nH]1)c1cncc2c1CCNC2. The van der Waals surface area contributed by atoms with Crippen molar-refractivity contribution in [2.24, 2.45) is 0 Å². The molecule has 3 rings (SSSR count). The number of carbonyl (C=O) groups excluding carboxylic acids is 1. The maximum Gasteiger partial charge on any atom is 0.259 e. The van der Waals surface area contributed by atoms with E-state index in [4.69, 9.17) is 0 Å². The van der Waals surface area contributed by atoms with E-state index in [9.17, 15) is 4.79 Å². The minimum atomic E-state index is -0.170. The van der Waals surface area contributed by atoms with E-state index in [1.165, 1.54) is 0 Å². The van der Waals surface area contributed by atoms with Crippen molar-refractivity contribution in [1.29, 1.82) is 0 Å². The Balaban J connectivity index is 1.89. The van der Waals surface area contributed by atoms with Gasteiger partial charge in [0.1, 0.15) is 0 Å². The molecule has 6 nitrogen and oxygen atoms in total. The van der Waals surface area contributed by atoms with Gasteiger partial charge in [0.05, 0.1) is 5.56 Å². The van der Waals surface area contributed by atoms with E-state index >= 15 is 0 Å². The van der Waals surface area contributed by atoms with Gasteiger partial charge in [0.15, 0.2) is 0 Å². The van der Waals surface area contributed by atoms with Crippen LogP contribution >= 0.6 is 0 Å². The van der Waals surface area contributed by atoms with Gasteiger partial charge in [0.25, 0.3) is 5.91 Å². The molecule has 1 amide bonds. The van der Waals surface area contributed by atoms with Crippen LogP contribution in [-0.4, -0.2) is 27.4 Å². The third-order valence-electron chi connectivity index (χ3n) is 2.99. The van der Waals surface area contributed by atoms with Gasteiger partial charge < -0.3 is 10.3 Å². The molecule has 0 atom stereocenters. The number of amides is 1. The van der Waals surface area contributed by atoms with Gasteiger partial charge in [-0.2, -0.15) is 0 Å². The monoisotopic (exact) mass is 243 g/mol. The summed E-state index contributed by atoms with van der Waals surface area (Å²) in [6, 6.07) is 0. The summed E-state index contributed by atoms with van der Waals surface area (Å²) in [4.78, 5) is 23.1. The van der Waals surface area contributed by atoms with Gasteiger partial charge in [0.2, 0.25) is 5.95 Å². The van der Waals surface area contributed by atoms with Crippen molar-refractivity contribution in [3.8, 4) is 0 Å². The van der Waals surface area contributed by atoms with E-state index in [-0.39, 0.29) is 5.91 Å². The molecule has 6 heteroatoms. The smallest absolute Gasteiger partial charge is 0.259 e. The van der Waals surface area contributed by atoms with E-state index in [2.05, 4.69) is 25.6 Å². The number of H-pyrrole nitrogens is 1. The Bertz CT molecular complexity index is 564. The Morgan fingerprint density at radius 3 is 3.17 bits per heavy atom. The molecule has 0 aromatic carbocycles. The normalized spacial score (nSPS) is 14.0. The summed E-state index contributed by atoms with van der Waals surface area (Å²) >= 11 is 0. The largest absolute Gasteiger partial charge is 0.331 e. The molecule has 3 heterocycles. The fraction of sp³-hybridized carbons (Fsp3) is 0.250. The van der Waals surface area contributed by atoms with E-state index in [1.807, 2.05) is 6.20 Å². The molecular formula is C12H13N5O. The third-order valence-corrected chi connectivity index (χ3v) is 2.99. The number of carbonyl (C=O) groups is 1. The zero-order valence-corrected chi connectivity index (χ0v) is 9.73. The Labute approximate surface area is 104 Å². The number of fused-ring (bicyclic) bond motifs is 1. The summed E-state index contributed by atoms with van der Waals surface area (Å²) in [5, 5.41) is 5.98. The number of nitrogens with one attached hydrogen (secondary N) is 3. The quantitative estimate of drug-likeness (QED) is 0.725. The molecule has 2 aromatic rings. The lowest BCUT2D eigenvalue weighted by Gasteiger charge is -2.18. The first kappa shape index (κ1) is 10.9. The minimum Gasteiger partial charge on any atom is -0.331 e. The number of rotatable bonds is 2. The zero-order chi connectivity index (χ0) is 12.4. The van der Waals surface area contributed by atoms with Crippen LogP contribution in [0.4, 0.5) is 5.95 Å². The first-order chi connectivity index (χ1) is 8.84. The summed E-state index contributed by atoms with van der Waals surface area (Å²) < 4.78 is 0. The van der Waals surface area contributed by atoms with Crippen LogP contribution in [0.25, 0.3) is 0 Å². The number of aromatic nitrogens is 3. The molecule has 2 aromatic heterocycles. The molecular weight excluding hydrogens is 230 g/mol. The predicted molar refractivity (Wildman–Crippen MR) is 66.2 cm³/mol. The highest BCUT2D eigenvalue weighted by atomic mass is 16.1. The maximum atomic E-state index is 12.2. The topological polar surface area (TPSA) is 82.7 Å². The molecule has 18 heavy (non-hydrogen) atoms. The number of imidazole rings is 1. The molecule has 0 fully saturated rings. The highest BCUT2D eigenvalue weighted by Crippen LogP contribution is 2.18. The van der Waals surface area contributed by atoms with Gasteiger partial charge in [0, 0.05) is 31.3 Å². The lowest BCUT2D eigenvalue weighted by molar-refractivity contribution is 0.102. The van der Waals surface area contributed by atoms with E-state index in [0.29, 0.717) is 11.5 Å². The Morgan fingerprint density at radius 2 is 2.33 bits per heavy atom. The maximum absolute atomic E-state index is 12.2. The number of hydrogen-bond acceptors (Lipinski definition) is 4. The molecule has 0 bridgehead atoms. The second-order valence-electron chi connectivity index (χ2n) is 4.14. The average Bonchev–Trinajstić information content (AvgIpc) is 2.91. The van der Waals surface area contributed by atoms with Crippen molar-refractivity contribution < 1.29 is 4.79 Å². The summed E-state index contributed by atoms with van der Waals surface area (Å²) in [5.41, 5.74) is 2.80. The molecule has 0 saturated heterocycles. The van der Waals surface area contributed by atoms with Crippen LogP contribution in [0.15, 0.2) is 24.8 Å². The molecule has 0 saturated carbocycles. The average molecular weight is 243 g/mol. The molecule has 0 unspecified atom stereocenters. The first-order valence-corrected chi connectivity index (χ1v) is 5.82. The van der Waals surface area contributed by atoms with Crippen LogP contribution < -0.4 is 10.6 Å². The summed E-state index contributed by atoms with van der Waals surface area (Å²) in [6.45, 7) is 1.66. The number of aromatic amines is 1. The molecule has 0 radical (unpaired) electrons. The second-order valence-corrected chi connectivity index (χ2v) is 4.14. The molecule has 92 valence electrons. The molecule has 0 spiro atoms. The van der Waals surface area contributed by atoms with Crippen molar-refractivity contribution in [2.75, 3.05) is 11.9 Å². The summed E-state index contributed by atoms with van der Waals surface area (Å²) in [5.74, 6) is 0.280. The number of anilines is 1. The van der Waals surface area contributed by atoms with Crippen LogP contribution in [0.2, 0.25) is 0 Å². The van der Waals surface area contributed by atoms with Crippen molar-refractivity contribution in [1.82, 2.24) is 20.3 Å². The Morgan fingerprint density at radius 1 is 1.39 bits per heavy atom. The Kier molecular flexibility index (Phi) is 2.77. The number of pyridine rings is 1. The van der Waals surface area contributed by atoms with Gasteiger partial charge in [-0.1, -0.05) is 0 Å². The molecule has 1 aliphatic heterocycles. The first-order valence-electron chi connectivity index (χ1n) is 5.82. The van der Waals surface area contributed by atoms with E-state index in [1.54, 1.807) is 18.6 Å². The van der Waals surface area contributed by atoms with Crippen molar-refractivity contribution in [2.45, 2.75) is 13.0 Å². The number of hydrogen-bond donors (Lipinski definition) is 3. The van der Waals surface area contributed by atoms with Crippen LogP contribution in [0, 0.1) is 0 Å². The third kappa shape index (κ3) is 1.98. The van der Waals surface area contributed by atoms with Crippen LogP contribution in [0.3, 0.4) is 0 Å². The van der Waals surface area contributed by atoms with Gasteiger partial charge in [-0.3, -0.25) is 15.1 Å². The molecule has 3 N–H and O–H groups in total. The summed E-state index contributed by atoms with van der Waals surface area (Å²) in [7, 11) is 0. The van der Waals surface area contributed by atoms with Crippen molar-refractivity contribution in [3.63, 3.8) is 0 Å². The zero-order valence-electron chi connectivity index (χ0n) is 9.73. The highest BCUT2D eigenvalue weighted by molar-refractivity contribution is 6.04. The molecule has 1 aliphatic rings. The number of nitrogens with zero attached hydrogens (tertiary/aromatic N) is 2. The van der Waals surface area contributed by atoms with E-state index < -0.39 is 0 Å². The fourth-order valence-corrected chi connectivity index (χ4v) is 2.12.